The first-order valence-electron chi connectivity index (χ1n) is 5.96. The molecule has 1 aromatic carbocycles. The second-order valence-corrected chi connectivity index (χ2v) is 6.32. The molecule has 0 unspecified atom stereocenters. The minimum atomic E-state index is 0.761. The van der Waals surface area contributed by atoms with Crippen molar-refractivity contribution in [1.29, 1.82) is 0 Å². The maximum Gasteiger partial charge on any atom is 0.0176 e. The molecule has 88 valence electrons. The molecule has 16 heavy (non-hydrogen) atoms. The molecule has 0 aromatic heterocycles. The Morgan fingerprint density at radius 3 is 2.75 bits per heavy atom. The Morgan fingerprint density at radius 2 is 2.06 bits per heavy atom. The number of benzene rings is 1. The van der Waals surface area contributed by atoms with Crippen LogP contribution in [0, 0.1) is 0 Å². The summed E-state index contributed by atoms with van der Waals surface area (Å²) in [4.78, 5) is 1.37. The van der Waals surface area contributed by atoms with Crippen molar-refractivity contribution in [3.05, 3.63) is 28.7 Å². The van der Waals surface area contributed by atoms with Gasteiger partial charge in [0.25, 0.3) is 0 Å². The molecule has 1 aliphatic rings. The van der Waals surface area contributed by atoms with E-state index in [0.29, 0.717) is 0 Å². The molecule has 1 nitrogen and oxygen atoms in total. The monoisotopic (exact) mass is 299 g/mol. The van der Waals surface area contributed by atoms with Gasteiger partial charge in [0.15, 0.2) is 0 Å². The first-order chi connectivity index (χ1) is 7.84. The summed E-state index contributed by atoms with van der Waals surface area (Å²) in [6.07, 6.45) is 5.42. The van der Waals surface area contributed by atoms with E-state index in [1.165, 1.54) is 42.9 Å². The molecule has 0 bridgehead atoms. The average Bonchev–Trinajstić information content (AvgIpc) is 2.33. The average molecular weight is 300 g/mol. The summed E-state index contributed by atoms with van der Waals surface area (Å²) in [5.74, 6) is 1.22. The zero-order valence-electron chi connectivity index (χ0n) is 9.42. The number of nitrogens with one attached hydrogen (secondary N) is 1. The maximum atomic E-state index is 3.59. The van der Waals surface area contributed by atoms with E-state index in [4.69, 9.17) is 0 Å². The fourth-order valence-corrected chi connectivity index (χ4v) is 3.25. The highest BCUT2D eigenvalue weighted by Gasteiger charge is 2.11. The number of halogens is 1. The van der Waals surface area contributed by atoms with Gasteiger partial charge in [-0.2, -0.15) is 0 Å². The van der Waals surface area contributed by atoms with Gasteiger partial charge in [0.2, 0.25) is 0 Å². The molecular weight excluding hydrogens is 282 g/mol. The highest BCUT2D eigenvalue weighted by Crippen LogP contribution is 2.22. The Bertz CT molecular complexity index is 306. The predicted octanol–water partition coefficient (Wildman–Crippen LogP) is 4.07. The second kappa shape index (κ2) is 6.67. The Hall–Kier alpha value is 0.01000. The molecule has 0 amide bonds. The van der Waals surface area contributed by atoms with E-state index in [-0.39, 0.29) is 0 Å². The van der Waals surface area contributed by atoms with Gasteiger partial charge >= 0.3 is 0 Å². The number of thioether (sulfide) groups is 1. The van der Waals surface area contributed by atoms with Crippen molar-refractivity contribution in [2.24, 2.45) is 0 Å². The largest absolute Gasteiger partial charge is 0.314 e. The summed E-state index contributed by atoms with van der Waals surface area (Å²) in [6.45, 7) is 1.22. The van der Waals surface area contributed by atoms with E-state index in [9.17, 15) is 0 Å². The van der Waals surface area contributed by atoms with Crippen LogP contribution >= 0.6 is 27.7 Å². The van der Waals surface area contributed by atoms with Crippen LogP contribution in [-0.2, 0) is 0 Å². The third-order valence-corrected chi connectivity index (χ3v) is 4.54. The minimum absolute atomic E-state index is 0.761. The summed E-state index contributed by atoms with van der Waals surface area (Å²) in [5.41, 5.74) is 0. The molecule has 0 spiro atoms. The van der Waals surface area contributed by atoms with E-state index in [1.807, 2.05) is 11.8 Å². The standard InChI is InChI=1S/C13H18BrNS/c14-11-4-6-13(7-5-11)16-10-8-12-3-1-2-9-15-12/h4-7,12,15H,1-3,8-10H2/t12-/m0/s1. The van der Waals surface area contributed by atoms with Gasteiger partial charge in [-0.1, -0.05) is 22.4 Å². The van der Waals surface area contributed by atoms with Crippen LogP contribution in [0.1, 0.15) is 25.7 Å². The Kier molecular flexibility index (Phi) is 5.20. The van der Waals surface area contributed by atoms with Crippen LogP contribution in [0.3, 0.4) is 0 Å². The highest BCUT2D eigenvalue weighted by molar-refractivity contribution is 9.10. The van der Waals surface area contributed by atoms with Gasteiger partial charge < -0.3 is 5.32 Å². The van der Waals surface area contributed by atoms with Crippen LogP contribution in [0.2, 0.25) is 0 Å². The van der Waals surface area contributed by atoms with Gasteiger partial charge in [-0.15, -0.1) is 11.8 Å². The van der Waals surface area contributed by atoms with E-state index >= 15 is 0 Å². The Balaban J connectivity index is 1.69. The quantitative estimate of drug-likeness (QED) is 0.841. The lowest BCUT2D eigenvalue weighted by Crippen LogP contribution is -2.34. The molecule has 1 saturated heterocycles. The smallest absolute Gasteiger partial charge is 0.0176 e. The number of rotatable bonds is 4. The van der Waals surface area contributed by atoms with Crippen LogP contribution in [0.5, 0.6) is 0 Å². The van der Waals surface area contributed by atoms with Crippen LogP contribution < -0.4 is 5.32 Å². The SMILES string of the molecule is Brc1ccc(SCC[C@@H]2CCCCN2)cc1. The molecule has 2 rings (SSSR count). The molecule has 3 heteroatoms. The van der Waals surface area contributed by atoms with Gasteiger partial charge in [0.05, 0.1) is 0 Å². The summed E-state index contributed by atoms with van der Waals surface area (Å²) >= 11 is 5.42. The van der Waals surface area contributed by atoms with Gasteiger partial charge in [-0.05, 0) is 55.8 Å². The lowest BCUT2D eigenvalue weighted by molar-refractivity contribution is 0.395. The molecule has 0 saturated carbocycles. The van der Waals surface area contributed by atoms with Crippen molar-refractivity contribution >= 4 is 27.7 Å². The molecule has 1 N–H and O–H groups in total. The number of hydrogen-bond donors (Lipinski definition) is 1. The Morgan fingerprint density at radius 1 is 1.25 bits per heavy atom. The van der Waals surface area contributed by atoms with Crippen LogP contribution in [0.15, 0.2) is 33.6 Å². The summed E-state index contributed by atoms with van der Waals surface area (Å²) in [7, 11) is 0. The first kappa shape index (κ1) is 12.5. The second-order valence-electron chi connectivity index (χ2n) is 4.24. The summed E-state index contributed by atoms with van der Waals surface area (Å²) < 4.78 is 1.16. The topological polar surface area (TPSA) is 12.0 Å². The first-order valence-corrected chi connectivity index (χ1v) is 7.74. The van der Waals surface area contributed by atoms with Crippen molar-refractivity contribution < 1.29 is 0 Å². The fraction of sp³-hybridized carbons (Fsp3) is 0.538. The lowest BCUT2D eigenvalue weighted by atomic mass is 10.0. The molecule has 1 aliphatic heterocycles. The molecule has 1 aromatic rings. The van der Waals surface area contributed by atoms with Crippen molar-refractivity contribution in [2.75, 3.05) is 12.3 Å². The molecule has 0 radical (unpaired) electrons. The lowest BCUT2D eigenvalue weighted by Gasteiger charge is -2.23. The molecule has 1 atom stereocenters. The normalized spacial score (nSPS) is 20.9. The van der Waals surface area contributed by atoms with Crippen molar-refractivity contribution in [1.82, 2.24) is 5.32 Å². The maximum absolute atomic E-state index is 3.59. The summed E-state index contributed by atoms with van der Waals surface area (Å²) in [5, 5.41) is 3.59. The van der Waals surface area contributed by atoms with E-state index in [0.717, 1.165) is 10.5 Å². The van der Waals surface area contributed by atoms with E-state index < -0.39 is 0 Å². The van der Waals surface area contributed by atoms with Crippen molar-refractivity contribution in [3.8, 4) is 0 Å². The predicted molar refractivity (Wildman–Crippen MR) is 75.1 cm³/mol. The van der Waals surface area contributed by atoms with Gasteiger partial charge in [0.1, 0.15) is 0 Å². The van der Waals surface area contributed by atoms with E-state index in [2.05, 4.69) is 45.5 Å². The molecule has 0 aliphatic carbocycles. The third kappa shape index (κ3) is 4.11. The molecule has 1 fully saturated rings. The summed E-state index contributed by atoms with van der Waals surface area (Å²) in [6, 6.07) is 9.35. The van der Waals surface area contributed by atoms with Gasteiger partial charge in [0, 0.05) is 15.4 Å². The van der Waals surface area contributed by atoms with Crippen molar-refractivity contribution in [2.45, 2.75) is 36.6 Å². The minimum Gasteiger partial charge on any atom is -0.314 e. The third-order valence-electron chi connectivity index (χ3n) is 2.96. The fourth-order valence-electron chi connectivity index (χ4n) is 2.02. The van der Waals surface area contributed by atoms with E-state index in [1.54, 1.807) is 0 Å². The van der Waals surface area contributed by atoms with Gasteiger partial charge in [-0.3, -0.25) is 0 Å². The van der Waals surface area contributed by atoms with Crippen LogP contribution in [0.4, 0.5) is 0 Å². The van der Waals surface area contributed by atoms with Crippen LogP contribution in [-0.4, -0.2) is 18.3 Å². The zero-order valence-corrected chi connectivity index (χ0v) is 11.8. The number of piperidine rings is 1. The number of hydrogen-bond acceptors (Lipinski definition) is 2. The van der Waals surface area contributed by atoms with Crippen LogP contribution in [0.25, 0.3) is 0 Å². The molecule has 1 heterocycles. The van der Waals surface area contributed by atoms with Gasteiger partial charge in [-0.25, -0.2) is 0 Å². The zero-order chi connectivity index (χ0) is 11.2. The van der Waals surface area contributed by atoms with Crippen molar-refractivity contribution in [3.63, 3.8) is 0 Å². The molecular formula is C13H18BrNS. The highest BCUT2D eigenvalue weighted by atomic mass is 79.9. The Labute approximate surface area is 111 Å².